The van der Waals surface area contributed by atoms with E-state index < -0.39 is 5.72 Å². The van der Waals surface area contributed by atoms with Crippen LogP contribution in [0.3, 0.4) is 0 Å². The van der Waals surface area contributed by atoms with Crippen molar-refractivity contribution in [2.24, 2.45) is 5.16 Å². The van der Waals surface area contributed by atoms with E-state index in [4.69, 9.17) is 9.99 Å². The number of amidine groups is 1. The predicted molar refractivity (Wildman–Crippen MR) is 129 cm³/mol. The van der Waals surface area contributed by atoms with Crippen molar-refractivity contribution in [1.82, 2.24) is 4.90 Å². The largest absolute Gasteiger partial charge is 0.360 e. The second kappa shape index (κ2) is 8.10. The van der Waals surface area contributed by atoms with E-state index in [1.807, 2.05) is 0 Å². The standard InChI is InChI=1S/C28H31N3O/c1-20-17-21(2)26(22(3)18-20)27-29-32-28(24-13-9-6-10-14-24)19-25(23-11-7-5-8-12-23)30(4)15-16-31(27)28/h5-14,17-18,25H,15-16,19H2,1-4H3/p+1. The molecule has 2 aliphatic heterocycles. The summed E-state index contributed by atoms with van der Waals surface area (Å²) in [5.74, 6) is 0.963. The van der Waals surface area contributed by atoms with E-state index in [0.29, 0.717) is 6.04 Å². The first kappa shape index (κ1) is 20.8. The smallest absolute Gasteiger partial charge is 0.243 e. The van der Waals surface area contributed by atoms with Gasteiger partial charge in [0.15, 0.2) is 5.84 Å². The quantitative estimate of drug-likeness (QED) is 0.683. The number of oxime groups is 1. The fraction of sp³-hybridized carbons (Fsp3) is 0.321. The molecule has 1 N–H and O–H groups in total. The SMILES string of the molecule is Cc1cc(C)c(C2=NOC3(c4ccccc4)CC(c4ccccc4)[NH+](C)CCN23)c(C)c1. The average molecular weight is 427 g/mol. The molecule has 0 amide bonds. The number of likely N-dealkylation sites (N-methyl/N-ethyl adjacent to an activating group) is 1. The maximum Gasteiger partial charge on any atom is 0.243 e. The van der Waals surface area contributed by atoms with E-state index in [1.54, 1.807) is 0 Å². The number of quaternary nitrogens is 1. The second-order valence-electron chi connectivity index (χ2n) is 9.35. The van der Waals surface area contributed by atoms with Gasteiger partial charge in [-0.25, -0.2) is 0 Å². The van der Waals surface area contributed by atoms with Crippen LogP contribution < -0.4 is 4.90 Å². The van der Waals surface area contributed by atoms with Crippen LogP contribution >= 0.6 is 0 Å². The first-order chi connectivity index (χ1) is 15.5. The summed E-state index contributed by atoms with van der Waals surface area (Å²) in [6.07, 6.45) is 0.837. The van der Waals surface area contributed by atoms with E-state index in [1.165, 1.54) is 32.7 Å². The van der Waals surface area contributed by atoms with Crippen molar-refractivity contribution in [3.63, 3.8) is 0 Å². The van der Waals surface area contributed by atoms with Gasteiger partial charge in [0.1, 0.15) is 6.04 Å². The molecule has 5 rings (SSSR count). The van der Waals surface area contributed by atoms with E-state index in [9.17, 15) is 0 Å². The molecule has 3 aromatic rings. The molecule has 3 atom stereocenters. The summed E-state index contributed by atoms with van der Waals surface area (Å²) in [6, 6.07) is 26.3. The number of fused-ring (bicyclic) bond motifs is 1. The number of rotatable bonds is 3. The third-order valence-electron chi connectivity index (χ3n) is 7.11. The van der Waals surface area contributed by atoms with Crippen LogP contribution in [0.4, 0.5) is 0 Å². The van der Waals surface area contributed by atoms with Gasteiger partial charge in [0.25, 0.3) is 0 Å². The Kier molecular flexibility index (Phi) is 5.26. The number of nitrogens with zero attached hydrogens (tertiary/aromatic N) is 2. The number of hydrogen-bond donors (Lipinski definition) is 1. The summed E-state index contributed by atoms with van der Waals surface area (Å²) >= 11 is 0. The van der Waals surface area contributed by atoms with Gasteiger partial charge >= 0.3 is 0 Å². The molecule has 0 radical (unpaired) electrons. The number of hydrogen-bond acceptors (Lipinski definition) is 3. The Bertz CT molecular complexity index is 1120. The minimum absolute atomic E-state index is 0.316. The summed E-state index contributed by atoms with van der Waals surface area (Å²) < 4.78 is 0. The average Bonchev–Trinajstić information content (AvgIpc) is 3.07. The van der Waals surface area contributed by atoms with E-state index in [-0.39, 0.29) is 0 Å². The maximum absolute atomic E-state index is 6.52. The molecule has 0 aliphatic carbocycles. The van der Waals surface area contributed by atoms with Crippen LogP contribution in [-0.2, 0) is 10.6 Å². The molecule has 0 aromatic heterocycles. The highest BCUT2D eigenvalue weighted by molar-refractivity contribution is 6.02. The van der Waals surface area contributed by atoms with Gasteiger partial charge in [0.2, 0.25) is 5.72 Å². The van der Waals surface area contributed by atoms with Gasteiger partial charge in [-0.15, -0.1) is 0 Å². The Morgan fingerprint density at radius 3 is 2.22 bits per heavy atom. The molecule has 0 bridgehead atoms. The van der Waals surface area contributed by atoms with E-state index >= 15 is 0 Å². The van der Waals surface area contributed by atoms with Crippen LogP contribution in [0.5, 0.6) is 0 Å². The molecule has 3 aromatic carbocycles. The van der Waals surface area contributed by atoms with Gasteiger partial charge in [-0.05, 0) is 31.9 Å². The molecule has 2 heterocycles. The molecule has 1 saturated heterocycles. The second-order valence-corrected chi connectivity index (χ2v) is 9.35. The molecular formula is C28H32N3O+. The van der Waals surface area contributed by atoms with E-state index in [2.05, 4.69) is 106 Å². The van der Waals surface area contributed by atoms with Crippen LogP contribution in [0.2, 0.25) is 0 Å². The Hall–Kier alpha value is -3.11. The van der Waals surface area contributed by atoms with Crippen LogP contribution in [0.15, 0.2) is 78.0 Å². The van der Waals surface area contributed by atoms with Gasteiger partial charge in [0.05, 0.1) is 26.6 Å². The third kappa shape index (κ3) is 3.39. The predicted octanol–water partition coefficient (Wildman–Crippen LogP) is 4.12. The lowest BCUT2D eigenvalue weighted by Gasteiger charge is -2.36. The highest BCUT2D eigenvalue weighted by atomic mass is 16.7. The number of aryl methyl sites for hydroxylation is 3. The minimum Gasteiger partial charge on any atom is -0.360 e. The first-order valence-corrected chi connectivity index (χ1v) is 11.5. The first-order valence-electron chi connectivity index (χ1n) is 11.5. The fourth-order valence-corrected chi connectivity index (χ4v) is 5.56. The summed E-state index contributed by atoms with van der Waals surface area (Å²) in [7, 11) is 2.30. The van der Waals surface area contributed by atoms with Crippen molar-refractivity contribution in [2.75, 3.05) is 20.1 Å². The summed E-state index contributed by atoms with van der Waals surface area (Å²) in [4.78, 5) is 10.4. The van der Waals surface area contributed by atoms with Crippen LogP contribution in [0, 0.1) is 20.8 Å². The Morgan fingerprint density at radius 2 is 1.56 bits per heavy atom. The molecule has 32 heavy (non-hydrogen) atoms. The summed E-state index contributed by atoms with van der Waals surface area (Å²) in [6.45, 7) is 8.42. The van der Waals surface area contributed by atoms with Crippen molar-refractivity contribution in [1.29, 1.82) is 0 Å². The molecule has 0 saturated carbocycles. The van der Waals surface area contributed by atoms with Gasteiger partial charge in [-0.1, -0.05) is 83.5 Å². The fourth-order valence-electron chi connectivity index (χ4n) is 5.56. The summed E-state index contributed by atoms with van der Waals surface area (Å²) in [5, 5.41) is 4.78. The zero-order chi connectivity index (χ0) is 22.3. The Labute approximate surface area is 191 Å². The van der Waals surface area contributed by atoms with Crippen molar-refractivity contribution in [3.8, 4) is 0 Å². The van der Waals surface area contributed by atoms with Gasteiger partial charge in [0, 0.05) is 16.7 Å². The van der Waals surface area contributed by atoms with Crippen molar-refractivity contribution in [2.45, 2.75) is 39.0 Å². The molecule has 4 nitrogen and oxygen atoms in total. The zero-order valence-electron chi connectivity index (χ0n) is 19.4. The monoisotopic (exact) mass is 426 g/mol. The van der Waals surface area contributed by atoms with Crippen LogP contribution in [0.25, 0.3) is 0 Å². The maximum atomic E-state index is 6.52. The van der Waals surface area contributed by atoms with Crippen LogP contribution in [-0.4, -0.2) is 30.9 Å². The lowest BCUT2D eigenvalue weighted by molar-refractivity contribution is -0.911. The Morgan fingerprint density at radius 1 is 0.938 bits per heavy atom. The topological polar surface area (TPSA) is 29.3 Å². The highest BCUT2D eigenvalue weighted by Gasteiger charge is 2.53. The van der Waals surface area contributed by atoms with Gasteiger partial charge < -0.3 is 14.6 Å². The van der Waals surface area contributed by atoms with Crippen molar-refractivity contribution >= 4 is 5.84 Å². The van der Waals surface area contributed by atoms with Crippen molar-refractivity contribution < 1.29 is 9.74 Å². The molecule has 1 fully saturated rings. The molecule has 0 spiro atoms. The van der Waals surface area contributed by atoms with Gasteiger partial charge in [-0.2, -0.15) is 0 Å². The highest BCUT2D eigenvalue weighted by Crippen LogP contribution is 2.44. The molecule has 4 heteroatoms. The normalized spacial score (nSPS) is 25.0. The number of nitrogens with one attached hydrogen (secondary N) is 1. The molecule has 2 aliphatic rings. The molecule has 164 valence electrons. The van der Waals surface area contributed by atoms with Crippen molar-refractivity contribution in [3.05, 3.63) is 106 Å². The summed E-state index contributed by atoms with van der Waals surface area (Å²) in [5.41, 5.74) is 6.87. The zero-order valence-corrected chi connectivity index (χ0v) is 19.4. The third-order valence-corrected chi connectivity index (χ3v) is 7.11. The minimum atomic E-state index is -0.612. The molecular weight excluding hydrogens is 394 g/mol. The van der Waals surface area contributed by atoms with Crippen LogP contribution in [0.1, 0.15) is 45.8 Å². The lowest BCUT2D eigenvalue weighted by atomic mass is 9.89. The number of benzene rings is 3. The van der Waals surface area contributed by atoms with Gasteiger partial charge in [-0.3, -0.25) is 0 Å². The lowest BCUT2D eigenvalue weighted by Crippen LogP contribution is -3.09. The van der Waals surface area contributed by atoms with E-state index in [0.717, 1.165) is 30.9 Å². The molecule has 3 unspecified atom stereocenters. The Balaban J connectivity index is 1.64.